The molecule has 0 aromatic rings. The van der Waals surface area contributed by atoms with Crippen molar-refractivity contribution in [3.63, 3.8) is 0 Å². The van der Waals surface area contributed by atoms with E-state index in [4.69, 9.17) is 0 Å². The van der Waals surface area contributed by atoms with Crippen LogP contribution in [0.25, 0.3) is 0 Å². The largest absolute Gasteiger partial charge is 0.299 e. The molecular formula is C14H26O. The molecular weight excluding hydrogens is 184 g/mol. The summed E-state index contributed by atoms with van der Waals surface area (Å²) in [6, 6.07) is 0. The van der Waals surface area contributed by atoms with Gasteiger partial charge in [0.25, 0.3) is 0 Å². The first-order chi connectivity index (χ1) is 7.14. The van der Waals surface area contributed by atoms with Crippen molar-refractivity contribution >= 4 is 5.78 Å². The molecule has 1 rings (SSSR count). The van der Waals surface area contributed by atoms with E-state index in [1.165, 1.54) is 25.7 Å². The van der Waals surface area contributed by atoms with Crippen LogP contribution in [0.4, 0.5) is 0 Å². The van der Waals surface area contributed by atoms with Gasteiger partial charge in [0.2, 0.25) is 0 Å². The summed E-state index contributed by atoms with van der Waals surface area (Å²) in [5.74, 6) is 1.15. The van der Waals surface area contributed by atoms with E-state index < -0.39 is 0 Å². The molecule has 0 heterocycles. The first-order valence-corrected chi connectivity index (χ1v) is 6.68. The molecule has 1 saturated carbocycles. The molecule has 1 aliphatic carbocycles. The number of Topliss-reactive ketones (excluding diaryl/α,β-unsaturated/α-hetero) is 1. The number of hydrogen-bond acceptors (Lipinski definition) is 1. The summed E-state index contributed by atoms with van der Waals surface area (Å²) in [7, 11) is 0. The van der Waals surface area contributed by atoms with Crippen LogP contribution in [0.3, 0.4) is 0 Å². The summed E-state index contributed by atoms with van der Waals surface area (Å²) in [6.45, 7) is 6.61. The van der Waals surface area contributed by atoms with Crippen LogP contribution < -0.4 is 0 Å². The number of carbonyl (C=O) groups excluding carboxylic acids is 1. The molecule has 0 bridgehead atoms. The molecule has 0 radical (unpaired) electrons. The van der Waals surface area contributed by atoms with Gasteiger partial charge in [-0.1, -0.05) is 46.5 Å². The van der Waals surface area contributed by atoms with Crippen molar-refractivity contribution in [2.75, 3.05) is 0 Å². The first kappa shape index (κ1) is 12.7. The summed E-state index contributed by atoms with van der Waals surface area (Å²) < 4.78 is 0. The van der Waals surface area contributed by atoms with Crippen LogP contribution in [0.2, 0.25) is 0 Å². The molecule has 1 aliphatic rings. The van der Waals surface area contributed by atoms with Crippen LogP contribution in [0.1, 0.15) is 72.1 Å². The SMILES string of the molecule is CCCC(C)CC(=O)C1(CC)CCCC1. The van der Waals surface area contributed by atoms with E-state index in [0.29, 0.717) is 11.7 Å². The Labute approximate surface area is 94.6 Å². The third-order valence-corrected chi connectivity index (χ3v) is 4.14. The fourth-order valence-electron chi connectivity index (χ4n) is 3.01. The highest BCUT2D eigenvalue weighted by Gasteiger charge is 2.38. The molecule has 0 saturated heterocycles. The van der Waals surface area contributed by atoms with Crippen molar-refractivity contribution in [2.45, 2.75) is 72.1 Å². The normalized spacial score (nSPS) is 21.5. The van der Waals surface area contributed by atoms with E-state index in [2.05, 4.69) is 20.8 Å². The molecule has 0 amide bonds. The van der Waals surface area contributed by atoms with Crippen molar-refractivity contribution < 1.29 is 4.79 Å². The summed E-state index contributed by atoms with van der Waals surface area (Å²) in [5, 5.41) is 0. The molecule has 15 heavy (non-hydrogen) atoms. The molecule has 0 aromatic carbocycles. The maximum Gasteiger partial charge on any atom is 0.139 e. The lowest BCUT2D eigenvalue weighted by Crippen LogP contribution is -2.28. The average molecular weight is 210 g/mol. The smallest absolute Gasteiger partial charge is 0.139 e. The molecule has 1 heteroatoms. The summed E-state index contributed by atoms with van der Waals surface area (Å²) in [5.41, 5.74) is 0.0853. The van der Waals surface area contributed by atoms with Crippen LogP contribution in [-0.4, -0.2) is 5.78 Å². The van der Waals surface area contributed by atoms with Crippen molar-refractivity contribution in [3.8, 4) is 0 Å². The van der Waals surface area contributed by atoms with Gasteiger partial charge in [0, 0.05) is 11.8 Å². The van der Waals surface area contributed by atoms with Crippen LogP contribution in [0.15, 0.2) is 0 Å². The maximum absolute atomic E-state index is 12.3. The Kier molecular flexibility index (Phi) is 4.82. The van der Waals surface area contributed by atoms with Gasteiger partial charge in [0.1, 0.15) is 5.78 Å². The van der Waals surface area contributed by atoms with Gasteiger partial charge in [0.05, 0.1) is 0 Å². The van der Waals surface area contributed by atoms with Gasteiger partial charge in [0.15, 0.2) is 0 Å². The van der Waals surface area contributed by atoms with E-state index in [-0.39, 0.29) is 5.41 Å². The van der Waals surface area contributed by atoms with Crippen LogP contribution in [-0.2, 0) is 4.79 Å². The molecule has 0 N–H and O–H groups in total. The van der Waals surface area contributed by atoms with Crippen molar-refractivity contribution in [1.82, 2.24) is 0 Å². The van der Waals surface area contributed by atoms with Crippen LogP contribution >= 0.6 is 0 Å². The Morgan fingerprint density at radius 3 is 2.33 bits per heavy atom. The Morgan fingerprint density at radius 1 is 1.27 bits per heavy atom. The molecule has 1 atom stereocenters. The number of carbonyl (C=O) groups is 1. The molecule has 0 aliphatic heterocycles. The highest BCUT2D eigenvalue weighted by Crippen LogP contribution is 2.43. The quantitative estimate of drug-likeness (QED) is 0.637. The monoisotopic (exact) mass is 210 g/mol. The Balaban J connectivity index is 2.50. The minimum Gasteiger partial charge on any atom is -0.299 e. The zero-order valence-electron chi connectivity index (χ0n) is 10.6. The van der Waals surface area contributed by atoms with Gasteiger partial charge in [-0.15, -0.1) is 0 Å². The second-order valence-electron chi connectivity index (χ2n) is 5.36. The minimum atomic E-state index is 0.0853. The zero-order valence-corrected chi connectivity index (χ0v) is 10.6. The van der Waals surface area contributed by atoms with Gasteiger partial charge in [-0.2, -0.15) is 0 Å². The lowest BCUT2D eigenvalue weighted by atomic mass is 9.76. The van der Waals surface area contributed by atoms with Gasteiger partial charge >= 0.3 is 0 Å². The Bertz CT molecular complexity index is 201. The van der Waals surface area contributed by atoms with Crippen molar-refractivity contribution in [2.24, 2.45) is 11.3 Å². The minimum absolute atomic E-state index is 0.0853. The summed E-state index contributed by atoms with van der Waals surface area (Å²) in [6.07, 6.45) is 9.12. The fraction of sp³-hybridized carbons (Fsp3) is 0.929. The van der Waals surface area contributed by atoms with Gasteiger partial charge < -0.3 is 0 Å². The third kappa shape index (κ3) is 3.06. The Hall–Kier alpha value is -0.330. The highest BCUT2D eigenvalue weighted by atomic mass is 16.1. The van der Waals surface area contributed by atoms with Gasteiger partial charge in [-0.3, -0.25) is 4.79 Å². The molecule has 1 fully saturated rings. The standard InChI is InChI=1S/C14H26O/c1-4-8-12(3)11-13(15)14(5-2)9-6-7-10-14/h12H,4-11H2,1-3H3. The second kappa shape index (κ2) is 5.67. The highest BCUT2D eigenvalue weighted by molar-refractivity contribution is 5.85. The number of hydrogen-bond donors (Lipinski definition) is 0. The predicted molar refractivity (Wildman–Crippen MR) is 64.9 cm³/mol. The summed E-state index contributed by atoms with van der Waals surface area (Å²) >= 11 is 0. The van der Waals surface area contributed by atoms with E-state index >= 15 is 0 Å². The van der Waals surface area contributed by atoms with E-state index in [1.54, 1.807) is 0 Å². The third-order valence-electron chi connectivity index (χ3n) is 4.14. The van der Waals surface area contributed by atoms with Crippen LogP contribution in [0.5, 0.6) is 0 Å². The topological polar surface area (TPSA) is 17.1 Å². The lowest BCUT2D eigenvalue weighted by molar-refractivity contribution is -0.129. The summed E-state index contributed by atoms with van der Waals surface area (Å²) in [4.78, 5) is 12.3. The van der Waals surface area contributed by atoms with E-state index in [1.807, 2.05) is 0 Å². The first-order valence-electron chi connectivity index (χ1n) is 6.68. The maximum atomic E-state index is 12.3. The van der Waals surface area contributed by atoms with Gasteiger partial charge in [-0.05, 0) is 25.2 Å². The number of rotatable bonds is 6. The number of ketones is 1. The molecule has 1 unspecified atom stereocenters. The van der Waals surface area contributed by atoms with E-state index in [0.717, 1.165) is 25.7 Å². The molecule has 88 valence electrons. The fourth-order valence-corrected chi connectivity index (χ4v) is 3.01. The van der Waals surface area contributed by atoms with Crippen LogP contribution in [0, 0.1) is 11.3 Å². The lowest BCUT2D eigenvalue weighted by Gasteiger charge is -2.27. The average Bonchev–Trinajstić information content (AvgIpc) is 2.67. The second-order valence-corrected chi connectivity index (χ2v) is 5.36. The molecule has 0 aromatic heterocycles. The predicted octanol–water partition coefficient (Wildman–Crippen LogP) is 4.35. The molecule has 0 spiro atoms. The van der Waals surface area contributed by atoms with Gasteiger partial charge in [-0.25, -0.2) is 0 Å². The zero-order chi connectivity index (χ0) is 11.3. The Morgan fingerprint density at radius 2 is 1.87 bits per heavy atom. The molecule has 1 nitrogen and oxygen atoms in total. The van der Waals surface area contributed by atoms with Crippen molar-refractivity contribution in [1.29, 1.82) is 0 Å². The van der Waals surface area contributed by atoms with E-state index in [9.17, 15) is 4.79 Å². The van der Waals surface area contributed by atoms with Crippen molar-refractivity contribution in [3.05, 3.63) is 0 Å².